The molecular weight excluding hydrogens is 652 g/mol. The molecule has 3 aromatic carbocycles. The van der Waals surface area contributed by atoms with E-state index in [1.165, 1.54) is 35.2 Å². The Bertz CT molecular complexity index is 1560. The summed E-state index contributed by atoms with van der Waals surface area (Å²) in [4.78, 5) is 28.9. The molecule has 7 nitrogen and oxygen atoms in total. The van der Waals surface area contributed by atoms with Crippen molar-refractivity contribution in [1.82, 2.24) is 10.2 Å². The number of aryl methyl sites for hydroxylation is 1. The summed E-state index contributed by atoms with van der Waals surface area (Å²) in [5.74, 6) is -0.977. The number of anilines is 1. The third-order valence-electron chi connectivity index (χ3n) is 7.59. The van der Waals surface area contributed by atoms with Gasteiger partial charge in [0.2, 0.25) is 11.8 Å². The van der Waals surface area contributed by atoms with Crippen LogP contribution in [0.15, 0.2) is 65.6 Å². The number of nitrogens with one attached hydrogen (secondary N) is 1. The highest BCUT2D eigenvalue weighted by Gasteiger charge is 2.34. The van der Waals surface area contributed by atoms with E-state index in [2.05, 4.69) is 5.32 Å². The van der Waals surface area contributed by atoms with Gasteiger partial charge < -0.3 is 10.2 Å². The monoisotopic (exact) mass is 683 g/mol. The molecule has 43 heavy (non-hydrogen) atoms. The van der Waals surface area contributed by atoms with Crippen LogP contribution in [0.25, 0.3) is 0 Å². The Kier molecular flexibility index (Phi) is 11.3. The van der Waals surface area contributed by atoms with Gasteiger partial charge in [-0.3, -0.25) is 13.9 Å². The van der Waals surface area contributed by atoms with Crippen LogP contribution in [0, 0.1) is 6.92 Å². The minimum absolute atomic E-state index is 0.0131. The Morgan fingerprint density at radius 1 is 0.884 bits per heavy atom. The summed E-state index contributed by atoms with van der Waals surface area (Å²) in [7, 11) is -4.26. The molecule has 0 saturated heterocycles. The van der Waals surface area contributed by atoms with Gasteiger partial charge in [-0.15, -0.1) is 0 Å². The maximum atomic E-state index is 14.2. The van der Waals surface area contributed by atoms with E-state index in [-0.39, 0.29) is 39.1 Å². The maximum absolute atomic E-state index is 14.2. The lowest BCUT2D eigenvalue weighted by atomic mass is 9.95. The van der Waals surface area contributed by atoms with Crippen LogP contribution in [-0.4, -0.2) is 43.8 Å². The Balaban J connectivity index is 1.73. The van der Waals surface area contributed by atoms with E-state index in [4.69, 9.17) is 46.4 Å². The van der Waals surface area contributed by atoms with Crippen molar-refractivity contribution in [3.63, 3.8) is 0 Å². The Morgan fingerprint density at radius 2 is 1.51 bits per heavy atom. The van der Waals surface area contributed by atoms with Crippen LogP contribution in [0.4, 0.5) is 5.69 Å². The van der Waals surface area contributed by atoms with Crippen molar-refractivity contribution in [2.75, 3.05) is 10.8 Å². The molecule has 1 atom stereocenters. The number of halogens is 4. The molecule has 230 valence electrons. The van der Waals surface area contributed by atoms with Crippen molar-refractivity contribution < 1.29 is 18.0 Å². The number of sulfonamides is 1. The molecule has 0 aromatic heterocycles. The highest BCUT2D eigenvalue weighted by Crippen LogP contribution is 2.32. The van der Waals surface area contributed by atoms with Crippen molar-refractivity contribution in [3.05, 3.63) is 91.9 Å². The first-order chi connectivity index (χ1) is 20.4. The topological polar surface area (TPSA) is 86.8 Å². The normalized spacial score (nSPS) is 14.7. The van der Waals surface area contributed by atoms with Crippen LogP contribution in [0.3, 0.4) is 0 Å². The molecule has 4 rings (SSSR count). The molecule has 1 saturated carbocycles. The fourth-order valence-electron chi connectivity index (χ4n) is 5.01. The van der Waals surface area contributed by atoms with Gasteiger partial charge in [0.05, 0.1) is 20.6 Å². The zero-order valence-corrected chi connectivity index (χ0v) is 27.7. The average molecular weight is 686 g/mol. The van der Waals surface area contributed by atoms with Gasteiger partial charge in [0, 0.05) is 28.2 Å². The van der Waals surface area contributed by atoms with Crippen molar-refractivity contribution in [2.24, 2.45) is 0 Å². The Labute approximate surface area is 273 Å². The Hall–Kier alpha value is -2.49. The smallest absolute Gasteiger partial charge is 0.264 e. The zero-order valence-electron chi connectivity index (χ0n) is 23.8. The number of benzene rings is 3. The van der Waals surface area contributed by atoms with Gasteiger partial charge in [-0.1, -0.05) is 89.4 Å². The summed E-state index contributed by atoms with van der Waals surface area (Å²) in [5, 5.41) is 4.05. The van der Waals surface area contributed by atoms with Gasteiger partial charge in [-0.05, 0) is 69.2 Å². The van der Waals surface area contributed by atoms with Gasteiger partial charge in [0.25, 0.3) is 10.0 Å². The van der Waals surface area contributed by atoms with E-state index < -0.39 is 28.5 Å². The molecule has 0 bridgehead atoms. The standard InChI is InChI=1S/C31H33Cl4N3O4S/c1-20-11-14-24(15-12-20)43(41,42)38(23-13-16-28(34)29(35)17-23)19-30(39)37(18-25-26(32)9-6-10-27(25)33)21(2)31(40)36-22-7-4-3-5-8-22/h6,9-17,21-22H,3-5,7-8,18-19H2,1-2H3,(H,36,40)/t21-/m0/s1. The molecule has 0 aliphatic heterocycles. The maximum Gasteiger partial charge on any atom is 0.264 e. The quantitative estimate of drug-likeness (QED) is 0.238. The highest BCUT2D eigenvalue weighted by atomic mass is 35.5. The van der Waals surface area contributed by atoms with Gasteiger partial charge >= 0.3 is 0 Å². The third kappa shape index (κ3) is 8.17. The number of rotatable bonds is 10. The van der Waals surface area contributed by atoms with Gasteiger partial charge in [0.1, 0.15) is 12.6 Å². The molecular formula is C31H33Cl4N3O4S. The molecule has 0 unspecified atom stereocenters. The fraction of sp³-hybridized carbons (Fsp3) is 0.355. The SMILES string of the molecule is Cc1ccc(S(=O)(=O)N(CC(=O)N(Cc2c(Cl)cccc2Cl)[C@@H](C)C(=O)NC2CCCCC2)c2ccc(Cl)c(Cl)c2)cc1. The molecule has 0 radical (unpaired) electrons. The van der Waals surface area contributed by atoms with Gasteiger partial charge in [0.15, 0.2) is 0 Å². The van der Waals surface area contributed by atoms with Crippen LogP contribution in [0.5, 0.6) is 0 Å². The van der Waals surface area contributed by atoms with E-state index in [0.29, 0.717) is 15.6 Å². The van der Waals surface area contributed by atoms with E-state index in [1.807, 2.05) is 6.92 Å². The fourth-order valence-corrected chi connectivity index (χ4v) is 7.23. The molecule has 1 N–H and O–H groups in total. The molecule has 0 spiro atoms. The largest absolute Gasteiger partial charge is 0.352 e. The number of hydrogen-bond acceptors (Lipinski definition) is 4. The van der Waals surface area contributed by atoms with E-state index in [9.17, 15) is 18.0 Å². The third-order valence-corrected chi connectivity index (χ3v) is 10.8. The minimum atomic E-state index is -4.26. The van der Waals surface area contributed by atoms with Crippen molar-refractivity contribution in [1.29, 1.82) is 0 Å². The molecule has 3 aromatic rings. The zero-order chi connectivity index (χ0) is 31.3. The number of hydrogen-bond donors (Lipinski definition) is 1. The lowest BCUT2D eigenvalue weighted by Crippen LogP contribution is -2.53. The average Bonchev–Trinajstić information content (AvgIpc) is 2.97. The minimum Gasteiger partial charge on any atom is -0.352 e. The van der Waals surface area contributed by atoms with Crippen LogP contribution >= 0.6 is 46.4 Å². The first-order valence-electron chi connectivity index (χ1n) is 14.0. The van der Waals surface area contributed by atoms with E-state index >= 15 is 0 Å². The predicted molar refractivity (Wildman–Crippen MR) is 174 cm³/mol. The summed E-state index contributed by atoms with van der Waals surface area (Å²) >= 11 is 25.3. The van der Waals surface area contributed by atoms with Gasteiger partial charge in [-0.25, -0.2) is 8.42 Å². The van der Waals surface area contributed by atoms with E-state index in [1.54, 1.807) is 37.3 Å². The number of carbonyl (C=O) groups excluding carboxylic acids is 2. The molecule has 0 heterocycles. The second-order valence-electron chi connectivity index (χ2n) is 10.7. The number of amides is 2. The number of nitrogens with zero attached hydrogens (tertiary/aromatic N) is 2. The highest BCUT2D eigenvalue weighted by molar-refractivity contribution is 7.92. The molecule has 1 aliphatic rings. The summed E-state index contributed by atoms with van der Waals surface area (Å²) in [6.45, 7) is 2.71. The summed E-state index contributed by atoms with van der Waals surface area (Å²) in [6, 6.07) is 14.6. The van der Waals surface area contributed by atoms with Crippen LogP contribution in [0.2, 0.25) is 20.1 Å². The van der Waals surface area contributed by atoms with Gasteiger partial charge in [-0.2, -0.15) is 0 Å². The second-order valence-corrected chi connectivity index (χ2v) is 14.2. The molecule has 2 amide bonds. The first kappa shape index (κ1) is 33.4. The number of carbonyl (C=O) groups is 2. The van der Waals surface area contributed by atoms with E-state index in [0.717, 1.165) is 42.0 Å². The summed E-state index contributed by atoms with van der Waals surface area (Å²) in [5.41, 5.74) is 1.45. The Morgan fingerprint density at radius 3 is 2.12 bits per heavy atom. The lowest BCUT2D eigenvalue weighted by Gasteiger charge is -2.33. The molecule has 1 fully saturated rings. The summed E-state index contributed by atoms with van der Waals surface area (Å²) < 4.78 is 28.9. The van der Waals surface area contributed by atoms with Crippen LogP contribution < -0.4 is 9.62 Å². The summed E-state index contributed by atoms with van der Waals surface area (Å²) in [6.07, 6.45) is 4.89. The molecule has 1 aliphatic carbocycles. The first-order valence-corrected chi connectivity index (χ1v) is 16.9. The van der Waals surface area contributed by atoms with Crippen LogP contribution in [0.1, 0.15) is 50.2 Å². The van der Waals surface area contributed by atoms with Crippen molar-refractivity contribution >= 4 is 73.9 Å². The molecule has 12 heteroatoms. The second kappa shape index (κ2) is 14.5. The van der Waals surface area contributed by atoms with Crippen molar-refractivity contribution in [2.45, 2.75) is 69.5 Å². The predicted octanol–water partition coefficient (Wildman–Crippen LogP) is 7.67. The lowest BCUT2D eigenvalue weighted by molar-refractivity contribution is -0.139. The van der Waals surface area contributed by atoms with Crippen LogP contribution in [-0.2, 0) is 26.2 Å². The van der Waals surface area contributed by atoms with Crippen molar-refractivity contribution in [3.8, 4) is 0 Å².